The van der Waals surface area contributed by atoms with Crippen molar-refractivity contribution in [2.24, 2.45) is 16.6 Å². The van der Waals surface area contributed by atoms with E-state index in [0.29, 0.717) is 12.0 Å². The van der Waals surface area contributed by atoms with Gasteiger partial charge in [0.15, 0.2) is 0 Å². The molecule has 1 aromatic carbocycles. The Morgan fingerprint density at radius 2 is 1.94 bits per heavy atom. The highest BCUT2D eigenvalue weighted by Crippen LogP contribution is 2.48. The maximum Gasteiger partial charge on any atom is 0.254 e. The molecule has 1 aliphatic carbocycles. The lowest BCUT2D eigenvalue weighted by Crippen LogP contribution is -2.66. The molecule has 3 N–H and O–H groups in total. The molecule has 1 aliphatic heterocycles. The molecule has 1 heterocycles. The molecule has 4 nitrogen and oxygen atoms in total. The molecule has 4 heteroatoms. The molecule has 1 aromatic rings. The summed E-state index contributed by atoms with van der Waals surface area (Å²) >= 11 is 0. The zero-order valence-corrected chi connectivity index (χ0v) is 20.4. The van der Waals surface area contributed by atoms with Gasteiger partial charge in [-0.1, -0.05) is 54.0 Å². The van der Waals surface area contributed by atoms with Gasteiger partial charge in [-0.05, 0) is 73.1 Å². The number of likely N-dealkylation sites (tertiary alicyclic amines) is 1. The minimum atomic E-state index is -0.252. The van der Waals surface area contributed by atoms with Gasteiger partial charge >= 0.3 is 0 Å². The van der Waals surface area contributed by atoms with Crippen LogP contribution in [0.25, 0.3) is 0 Å². The number of carbonyl (C=O) groups excluding carboxylic acids is 1. The third kappa shape index (κ3) is 5.34. The van der Waals surface area contributed by atoms with Crippen molar-refractivity contribution in [3.8, 4) is 0 Å². The number of fused-ring (bicyclic) bond motifs is 1. The van der Waals surface area contributed by atoms with Gasteiger partial charge in [-0.15, -0.1) is 0 Å². The first kappa shape index (κ1) is 23.8. The summed E-state index contributed by atoms with van der Waals surface area (Å²) < 4.78 is 0. The van der Waals surface area contributed by atoms with Crippen LogP contribution in [-0.4, -0.2) is 29.4 Å². The number of allylic oxidation sites excluding steroid dienone is 1. The lowest BCUT2D eigenvalue weighted by atomic mass is 9.59. The predicted octanol–water partition coefficient (Wildman–Crippen LogP) is 6.12. The van der Waals surface area contributed by atoms with Gasteiger partial charge in [-0.3, -0.25) is 4.79 Å². The van der Waals surface area contributed by atoms with Gasteiger partial charge in [0, 0.05) is 35.6 Å². The molecule has 1 saturated carbocycles. The first-order chi connectivity index (χ1) is 14.5. The van der Waals surface area contributed by atoms with E-state index in [1.54, 1.807) is 0 Å². The number of piperidine rings is 1. The van der Waals surface area contributed by atoms with Crippen LogP contribution in [0.2, 0.25) is 0 Å². The van der Waals surface area contributed by atoms with E-state index < -0.39 is 0 Å². The van der Waals surface area contributed by atoms with Crippen molar-refractivity contribution in [3.05, 3.63) is 41.6 Å². The van der Waals surface area contributed by atoms with E-state index in [2.05, 4.69) is 52.6 Å². The zero-order valence-electron chi connectivity index (χ0n) is 20.4. The Morgan fingerprint density at radius 3 is 2.61 bits per heavy atom. The molecule has 2 aliphatic rings. The summed E-state index contributed by atoms with van der Waals surface area (Å²) in [5, 5.41) is 3.44. The molecule has 0 aromatic heterocycles. The Hall–Kier alpha value is -1.81. The molecule has 172 valence electrons. The third-order valence-corrected chi connectivity index (χ3v) is 7.71. The number of benzene rings is 1. The lowest BCUT2D eigenvalue weighted by molar-refractivity contribution is -0.00695. The van der Waals surface area contributed by atoms with Crippen molar-refractivity contribution >= 4 is 11.6 Å². The van der Waals surface area contributed by atoms with Gasteiger partial charge in [0.1, 0.15) is 0 Å². The summed E-state index contributed by atoms with van der Waals surface area (Å²) in [6.07, 6.45) is 8.50. The Balaban J connectivity index is 1.71. The molecule has 0 spiro atoms. The van der Waals surface area contributed by atoms with Crippen molar-refractivity contribution < 1.29 is 4.79 Å². The van der Waals surface area contributed by atoms with Crippen molar-refractivity contribution in [1.29, 1.82) is 0 Å². The first-order valence-corrected chi connectivity index (χ1v) is 12.1. The Morgan fingerprint density at radius 1 is 1.23 bits per heavy atom. The number of nitrogens with two attached hydrogens (primary N) is 1. The summed E-state index contributed by atoms with van der Waals surface area (Å²) in [7, 11) is 0. The molecule has 31 heavy (non-hydrogen) atoms. The number of hydrogen-bond acceptors (Lipinski definition) is 3. The van der Waals surface area contributed by atoms with Gasteiger partial charge in [0.05, 0.1) is 0 Å². The van der Waals surface area contributed by atoms with E-state index in [9.17, 15) is 4.79 Å². The summed E-state index contributed by atoms with van der Waals surface area (Å²) in [4.78, 5) is 15.5. The molecule has 0 bridgehead atoms. The van der Waals surface area contributed by atoms with Crippen LogP contribution in [-0.2, 0) is 6.42 Å². The fraction of sp³-hybridized carbons (Fsp3) is 0.667. The van der Waals surface area contributed by atoms with Gasteiger partial charge in [0.25, 0.3) is 5.91 Å². The average Bonchev–Trinajstić information content (AvgIpc) is 2.71. The van der Waals surface area contributed by atoms with E-state index in [4.69, 9.17) is 5.73 Å². The number of nitrogens with zero attached hydrogens (tertiary/aromatic N) is 1. The van der Waals surface area contributed by atoms with Crippen LogP contribution in [0.5, 0.6) is 0 Å². The standard InChI is InChI=1S/C27H43N3O/c1-7-21-18-22(29-20(2)12-15-25(3,4)5)10-11-23(21)24(31)30-17-16-26(6)13-8-9-14-27(26,28)19-30/h10-11,18,29H,2,7-9,12-17,19,28H2,1,3-6H3/t26-,27?/m0/s1. The highest BCUT2D eigenvalue weighted by molar-refractivity contribution is 5.96. The summed E-state index contributed by atoms with van der Waals surface area (Å²) in [5.74, 6) is 0.132. The quantitative estimate of drug-likeness (QED) is 0.577. The van der Waals surface area contributed by atoms with Crippen LogP contribution in [0.15, 0.2) is 30.5 Å². The van der Waals surface area contributed by atoms with E-state index in [1.807, 2.05) is 17.0 Å². The highest BCUT2D eigenvalue weighted by atomic mass is 16.2. The number of amides is 1. The topological polar surface area (TPSA) is 58.4 Å². The number of hydrogen-bond donors (Lipinski definition) is 2. The predicted molar refractivity (Wildman–Crippen MR) is 131 cm³/mol. The largest absolute Gasteiger partial charge is 0.359 e. The maximum absolute atomic E-state index is 13.5. The fourth-order valence-electron chi connectivity index (χ4n) is 5.26. The van der Waals surface area contributed by atoms with Gasteiger partial charge < -0.3 is 16.0 Å². The third-order valence-electron chi connectivity index (χ3n) is 7.71. The summed E-state index contributed by atoms with van der Waals surface area (Å²) in [5.41, 5.74) is 11.0. The fourth-order valence-corrected chi connectivity index (χ4v) is 5.26. The zero-order chi connectivity index (χ0) is 22.9. The van der Waals surface area contributed by atoms with Crippen molar-refractivity contribution in [1.82, 2.24) is 4.90 Å². The molecule has 1 unspecified atom stereocenters. The van der Waals surface area contributed by atoms with Gasteiger partial charge in [-0.2, -0.15) is 0 Å². The second-order valence-corrected chi connectivity index (χ2v) is 11.4. The Bertz CT molecular complexity index is 824. The number of aryl methyl sites for hydroxylation is 1. The number of anilines is 1. The highest BCUT2D eigenvalue weighted by Gasteiger charge is 2.51. The Kier molecular flexibility index (Phi) is 6.90. The van der Waals surface area contributed by atoms with Crippen LogP contribution in [0, 0.1) is 10.8 Å². The van der Waals surface area contributed by atoms with E-state index >= 15 is 0 Å². The van der Waals surface area contributed by atoms with Gasteiger partial charge in [-0.25, -0.2) is 0 Å². The summed E-state index contributed by atoms with van der Waals surface area (Å²) in [6.45, 7) is 16.9. The molecule has 2 atom stereocenters. The molecule has 1 saturated heterocycles. The van der Waals surface area contributed by atoms with Crippen LogP contribution in [0.3, 0.4) is 0 Å². The minimum absolute atomic E-state index is 0.132. The van der Waals surface area contributed by atoms with Crippen LogP contribution in [0.4, 0.5) is 5.69 Å². The molecular weight excluding hydrogens is 382 g/mol. The summed E-state index contributed by atoms with van der Waals surface area (Å²) in [6, 6.07) is 6.11. The molecule has 1 amide bonds. The van der Waals surface area contributed by atoms with Gasteiger partial charge in [0.2, 0.25) is 0 Å². The minimum Gasteiger partial charge on any atom is -0.359 e. The smallest absolute Gasteiger partial charge is 0.254 e. The monoisotopic (exact) mass is 425 g/mol. The van der Waals surface area contributed by atoms with Crippen molar-refractivity contribution in [2.45, 2.75) is 91.5 Å². The van der Waals surface area contributed by atoms with Crippen molar-refractivity contribution in [2.75, 3.05) is 18.4 Å². The number of nitrogens with one attached hydrogen (secondary N) is 1. The van der Waals surface area contributed by atoms with E-state index in [-0.39, 0.29) is 16.9 Å². The van der Waals surface area contributed by atoms with Crippen molar-refractivity contribution in [3.63, 3.8) is 0 Å². The normalized spacial score (nSPS) is 26.3. The lowest BCUT2D eigenvalue weighted by Gasteiger charge is -2.55. The second-order valence-electron chi connectivity index (χ2n) is 11.4. The first-order valence-electron chi connectivity index (χ1n) is 12.1. The van der Waals surface area contributed by atoms with Crippen LogP contribution < -0.4 is 11.1 Å². The maximum atomic E-state index is 13.5. The average molecular weight is 426 g/mol. The molecule has 0 radical (unpaired) electrons. The second kappa shape index (κ2) is 8.97. The molecule has 2 fully saturated rings. The molecular formula is C27H43N3O. The number of carbonyl (C=O) groups is 1. The molecule has 3 rings (SSSR count). The van der Waals surface area contributed by atoms with Crippen LogP contribution >= 0.6 is 0 Å². The SMILES string of the molecule is C=C(CCC(C)(C)C)Nc1ccc(C(=O)N2CC[C@]3(C)CCCCC3(N)C2)c(CC)c1. The number of rotatable bonds is 6. The Labute approximate surface area is 189 Å². The van der Waals surface area contributed by atoms with Crippen LogP contribution in [0.1, 0.15) is 95.5 Å². The van der Waals surface area contributed by atoms with E-state index in [1.165, 1.54) is 19.3 Å². The van der Waals surface area contributed by atoms with E-state index in [0.717, 1.165) is 61.2 Å².